The van der Waals surface area contributed by atoms with Gasteiger partial charge in [-0.2, -0.15) is 0 Å². The minimum absolute atomic E-state index is 0.107. The number of nitrogens with zero attached hydrogens (tertiary/aromatic N) is 3. The minimum atomic E-state index is -2.57. The SMILES string of the molecule is O=c1c2ccc(F)cc2nnn1CC1CC2(CCC(F)(F)CC2)CO1. The average Bonchev–Trinajstić information content (AvgIpc) is 2.97. The molecule has 2 fully saturated rings. The summed E-state index contributed by atoms with van der Waals surface area (Å²) in [4.78, 5) is 12.5. The normalized spacial score (nSPS) is 24.8. The van der Waals surface area contributed by atoms with Crippen LogP contribution in [0.25, 0.3) is 10.9 Å². The molecule has 25 heavy (non-hydrogen) atoms. The summed E-state index contributed by atoms with van der Waals surface area (Å²) in [6.45, 7) is 0.659. The Kier molecular flexibility index (Phi) is 3.82. The van der Waals surface area contributed by atoms with Gasteiger partial charge in [0.2, 0.25) is 5.92 Å². The van der Waals surface area contributed by atoms with Crippen LogP contribution in [0.5, 0.6) is 0 Å². The molecule has 1 aromatic carbocycles. The highest BCUT2D eigenvalue weighted by Crippen LogP contribution is 2.49. The molecule has 0 amide bonds. The second-order valence-corrected chi connectivity index (χ2v) is 7.23. The third-order valence-corrected chi connectivity index (χ3v) is 5.39. The Hall–Kier alpha value is -1.96. The van der Waals surface area contributed by atoms with Crippen LogP contribution in [0.2, 0.25) is 0 Å². The van der Waals surface area contributed by atoms with Gasteiger partial charge in [0.15, 0.2) is 0 Å². The summed E-state index contributed by atoms with van der Waals surface area (Å²) in [5.41, 5.74) is -0.368. The van der Waals surface area contributed by atoms with E-state index in [0.717, 1.165) is 6.07 Å². The van der Waals surface area contributed by atoms with Crippen LogP contribution in [0.3, 0.4) is 0 Å². The molecule has 0 N–H and O–H groups in total. The first-order valence-electron chi connectivity index (χ1n) is 8.38. The maximum absolute atomic E-state index is 13.4. The van der Waals surface area contributed by atoms with Gasteiger partial charge in [0.1, 0.15) is 11.3 Å². The highest BCUT2D eigenvalue weighted by atomic mass is 19.3. The molecular weight excluding hydrogens is 335 g/mol. The largest absolute Gasteiger partial charge is 0.376 e. The Balaban J connectivity index is 1.50. The van der Waals surface area contributed by atoms with E-state index in [1.165, 1.54) is 16.8 Å². The number of hydrogen-bond donors (Lipinski definition) is 0. The molecule has 1 aliphatic heterocycles. The third-order valence-electron chi connectivity index (χ3n) is 5.39. The Morgan fingerprint density at radius 3 is 2.76 bits per heavy atom. The summed E-state index contributed by atoms with van der Waals surface area (Å²) in [5, 5.41) is 8.03. The Labute approximate surface area is 141 Å². The number of benzene rings is 1. The van der Waals surface area contributed by atoms with Crippen LogP contribution in [0.1, 0.15) is 32.1 Å². The lowest BCUT2D eigenvalue weighted by Crippen LogP contribution is -2.34. The molecule has 1 unspecified atom stereocenters. The van der Waals surface area contributed by atoms with Gasteiger partial charge in [0.25, 0.3) is 5.56 Å². The quantitative estimate of drug-likeness (QED) is 0.833. The number of halogens is 3. The van der Waals surface area contributed by atoms with Crippen molar-refractivity contribution < 1.29 is 17.9 Å². The lowest BCUT2D eigenvalue weighted by atomic mass is 9.71. The zero-order chi connectivity index (χ0) is 17.7. The van der Waals surface area contributed by atoms with Gasteiger partial charge in [0, 0.05) is 18.9 Å². The fourth-order valence-electron chi connectivity index (χ4n) is 3.87. The minimum Gasteiger partial charge on any atom is -0.376 e. The second kappa shape index (κ2) is 5.79. The molecule has 4 rings (SSSR count). The van der Waals surface area contributed by atoms with E-state index in [2.05, 4.69) is 10.3 Å². The molecule has 134 valence electrons. The number of ether oxygens (including phenoxy) is 1. The third kappa shape index (κ3) is 3.15. The first-order valence-corrected chi connectivity index (χ1v) is 8.38. The predicted molar refractivity (Wildman–Crippen MR) is 84.0 cm³/mol. The summed E-state index contributed by atoms with van der Waals surface area (Å²) < 4.78 is 47.0. The summed E-state index contributed by atoms with van der Waals surface area (Å²) in [6, 6.07) is 3.76. The van der Waals surface area contributed by atoms with Gasteiger partial charge in [-0.1, -0.05) is 5.21 Å². The number of alkyl halides is 2. The monoisotopic (exact) mass is 353 g/mol. The molecule has 0 bridgehead atoms. The van der Waals surface area contributed by atoms with Gasteiger partial charge in [-0.3, -0.25) is 4.79 Å². The topological polar surface area (TPSA) is 57.0 Å². The van der Waals surface area contributed by atoms with Crippen molar-refractivity contribution in [2.75, 3.05) is 6.61 Å². The summed E-state index contributed by atoms with van der Waals surface area (Å²) in [5.74, 6) is -3.05. The van der Waals surface area contributed by atoms with Crippen LogP contribution in [-0.4, -0.2) is 33.6 Å². The Morgan fingerprint density at radius 1 is 1.24 bits per heavy atom. The van der Waals surface area contributed by atoms with Gasteiger partial charge in [-0.15, -0.1) is 5.10 Å². The molecule has 2 aromatic rings. The van der Waals surface area contributed by atoms with Crippen molar-refractivity contribution in [2.24, 2.45) is 5.41 Å². The number of fused-ring (bicyclic) bond motifs is 1. The van der Waals surface area contributed by atoms with E-state index in [9.17, 15) is 18.0 Å². The Bertz CT molecular complexity index is 858. The molecule has 0 radical (unpaired) electrons. The van der Waals surface area contributed by atoms with E-state index in [1.807, 2.05) is 0 Å². The lowest BCUT2D eigenvalue weighted by Gasteiger charge is -2.35. The van der Waals surface area contributed by atoms with E-state index in [-0.39, 0.29) is 42.0 Å². The van der Waals surface area contributed by atoms with E-state index in [1.54, 1.807) is 0 Å². The van der Waals surface area contributed by atoms with Crippen LogP contribution in [-0.2, 0) is 11.3 Å². The molecule has 1 aliphatic carbocycles. The van der Waals surface area contributed by atoms with Crippen molar-refractivity contribution in [3.05, 3.63) is 34.4 Å². The number of rotatable bonds is 2. The van der Waals surface area contributed by atoms with Crippen LogP contribution in [0, 0.1) is 11.2 Å². The summed E-state index contributed by atoms with van der Waals surface area (Å²) in [6.07, 6.45) is 1.05. The van der Waals surface area contributed by atoms with Crippen molar-refractivity contribution >= 4 is 10.9 Å². The maximum atomic E-state index is 13.4. The average molecular weight is 353 g/mol. The smallest absolute Gasteiger partial charge is 0.277 e. The standard InChI is InChI=1S/C17H18F3N3O2/c18-11-1-2-13-14(7-11)21-22-23(15(13)24)9-12-8-16(10-25-12)3-5-17(19,20)6-4-16/h1-2,7,12H,3-6,8-10H2. The molecule has 1 saturated heterocycles. The summed E-state index contributed by atoms with van der Waals surface area (Å²) in [7, 11) is 0. The molecule has 5 nitrogen and oxygen atoms in total. The number of aromatic nitrogens is 3. The number of hydrogen-bond acceptors (Lipinski definition) is 4. The summed E-state index contributed by atoms with van der Waals surface area (Å²) >= 11 is 0. The first kappa shape index (κ1) is 16.5. The van der Waals surface area contributed by atoms with Crippen molar-refractivity contribution in [3.63, 3.8) is 0 Å². The van der Waals surface area contributed by atoms with Crippen molar-refractivity contribution in [2.45, 2.75) is 50.7 Å². The zero-order valence-electron chi connectivity index (χ0n) is 13.6. The predicted octanol–water partition coefficient (Wildman–Crippen LogP) is 2.92. The first-order chi connectivity index (χ1) is 11.9. The molecule has 8 heteroatoms. The highest BCUT2D eigenvalue weighted by molar-refractivity contribution is 5.76. The van der Waals surface area contributed by atoms with Crippen LogP contribution >= 0.6 is 0 Å². The van der Waals surface area contributed by atoms with Crippen molar-refractivity contribution in [1.29, 1.82) is 0 Å². The second-order valence-electron chi connectivity index (χ2n) is 7.23. The van der Waals surface area contributed by atoms with E-state index < -0.39 is 11.7 Å². The highest BCUT2D eigenvalue weighted by Gasteiger charge is 2.47. The van der Waals surface area contributed by atoms with E-state index >= 15 is 0 Å². The van der Waals surface area contributed by atoms with Gasteiger partial charge in [-0.25, -0.2) is 17.9 Å². The lowest BCUT2D eigenvalue weighted by molar-refractivity contribution is -0.0679. The van der Waals surface area contributed by atoms with Gasteiger partial charge >= 0.3 is 0 Å². The van der Waals surface area contributed by atoms with E-state index in [4.69, 9.17) is 4.74 Å². The van der Waals surface area contributed by atoms with E-state index in [0.29, 0.717) is 31.3 Å². The van der Waals surface area contributed by atoms with Gasteiger partial charge in [0.05, 0.1) is 24.6 Å². The molecule has 1 atom stereocenters. The molecule has 1 saturated carbocycles. The molecule has 2 aliphatic rings. The van der Waals surface area contributed by atoms with Gasteiger partial charge < -0.3 is 4.74 Å². The maximum Gasteiger partial charge on any atom is 0.277 e. The fourth-order valence-corrected chi connectivity index (χ4v) is 3.87. The molecule has 1 aromatic heterocycles. The van der Waals surface area contributed by atoms with Crippen LogP contribution < -0.4 is 5.56 Å². The zero-order valence-corrected chi connectivity index (χ0v) is 13.6. The Morgan fingerprint density at radius 2 is 2.00 bits per heavy atom. The molecule has 1 spiro atoms. The molecular formula is C17H18F3N3O2. The van der Waals surface area contributed by atoms with Crippen molar-refractivity contribution in [3.8, 4) is 0 Å². The van der Waals surface area contributed by atoms with Crippen molar-refractivity contribution in [1.82, 2.24) is 15.0 Å². The van der Waals surface area contributed by atoms with Crippen LogP contribution in [0.4, 0.5) is 13.2 Å². The van der Waals surface area contributed by atoms with Crippen LogP contribution in [0.15, 0.2) is 23.0 Å². The fraction of sp³-hybridized carbons (Fsp3) is 0.588. The van der Waals surface area contributed by atoms with Gasteiger partial charge in [-0.05, 0) is 36.8 Å². The molecule has 2 heterocycles.